The minimum absolute atomic E-state index is 0.0299. The van der Waals surface area contributed by atoms with Crippen molar-refractivity contribution in [3.63, 3.8) is 0 Å². The van der Waals surface area contributed by atoms with Crippen LogP contribution in [-0.2, 0) is 20.8 Å². The Hall–Kier alpha value is -6.18. The Morgan fingerprint density at radius 1 is 0.960 bits per heavy atom. The molecular weight excluding hydrogens is 644 g/mol. The van der Waals surface area contributed by atoms with E-state index in [4.69, 9.17) is 18.9 Å². The van der Waals surface area contributed by atoms with E-state index in [1.807, 2.05) is 12.1 Å². The molecule has 260 valence electrons. The second kappa shape index (κ2) is 14.9. The van der Waals surface area contributed by atoms with E-state index in [9.17, 15) is 19.2 Å². The third-order valence-corrected chi connectivity index (χ3v) is 7.28. The highest BCUT2D eigenvalue weighted by Crippen LogP contribution is 2.31. The summed E-state index contributed by atoms with van der Waals surface area (Å²) in [6, 6.07) is 19.2. The number of methoxy groups -OCH3 is 1. The number of amides is 2. The lowest BCUT2D eigenvalue weighted by Crippen LogP contribution is -2.37. The number of alkyl carbamates (subject to hydrolysis) is 1. The Kier molecular flexibility index (Phi) is 10.5. The fourth-order valence-electron chi connectivity index (χ4n) is 5.10. The van der Waals surface area contributed by atoms with Crippen LogP contribution >= 0.6 is 0 Å². The Labute approximate surface area is 287 Å². The summed E-state index contributed by atoms with van der Waals surface area (Å²) >= 11 is 0. The van der Waals surface area contributed by atoms with Crippen molar-refractivity contribution in [1.29, 1.82) is 0 Å². The van der Waals surface area contributed by atoms with Crippen LogP contribution in [0.5, 0.6) is 17.2 Å². The highest BCUT2D eigenvalue weighted by Gasteiger charge is 2.26. The van der Waals surface area contributed by atoms with Crippen LogP contribution in [0.2, 0.25) is 0 Å². The van der Waals surface area contributed by atoms with Crippen molar-refractivity contribution < 1.29 is 33.3 Å². The number of pyridine rings is 2. The molecule has 0 aliphatic heterocycles. The van der Waals surface area contributed by atoms with Crippen molar-refractivity contribution in [2.24, 2.45) is 0 Å². The first-order valence-electron chi connectivity index (χ1n) is 15.7. The molecule has 0 saturated carbocycles. The lowest BCUT2D eigenvalue weighted by molar-refractivity contribution is -0.147. The van der Waals surface area contributed by atoms with Gasteiger partial charge < -0.3 is 29.6 Å². The van der Waals surface area contributed by atoms with Crippen LogP contribution in [0.1, 0.15) is 43.7 Å². The molecule has 3 aromatic heterocycles. The zero-order valence-corrected chi connectivity index (χ0v) is 28.6. The van der Waals surface area contributed by atoms with E-state index in [0.29, 0.717) is 34.1 Å². The Morgan fingerprint density at radius 2 is 1.70 bits per heavy atom. The molecular formula is C36H38N6O8. The molecule has 5 aromatic rings. The van der Waals surface area contributed by atoms with Crippen molar-refractivity contribution in [1.82, 2.24) is 24.6 Å². The molecule has 2 N–H and O–H groups in total. The van der Waals surface area contributed by atoms with Crippen LogP contribution in [-0.4, -0.2) is 62.7 Å². The van der Waals surface area contributed by atoms with Crippen LogP contribution in [0.15, 0.2) is 83.9 Å². The minimum atomic E-state index is -0.752. The molecule has 50 heavy (non-hydrogen) atoms. The van der Waals surface area contributed by atoms with Crippen LogP contribution in [0.25, 0.3) is 16.6 Å². The van der Waals surface area contributed by atoms with Gasteiger partial charge in [0.15, 0.2) is 0 Å². The smallest absolute Gasteiger partial charge is 0.408 e. The Morgan fingerprint density at radius 3 is 2.38 bits per heavy atom. The molecule has 0 saturated heterocycles. The number of fused-ring (bicyclic) bond motifs is 1. The number of benzene rings is 2. The van der Waals surface area contributed by atoms with Gasteiger partial charge in [-0.3, -0.25) is 24.0 Å². The number of ether oxygens (including phenoxy) is 4. The fraction of sp³-hybridized carbons (Fsp3) is 0.278. The average molecular weight is 683 g/mol. The summed E-state index contributed by atoms with van der Waals surface area (Å²) in [7, 11) is 1.58. The number of nitrogens with one attached hydrogen (secondary N) is 2. The summed E-state index contributed by atoms with van der Waals surface area (Å²) in [6.45, 7) is 8.02. The molecule has 3 heterocycles. The molecule has 2 aromatic carbocycles. The van der Waals surface area contributed by atoms with Crippen LogP contribution in [0, 0.1) is 6.92 Å². The fourth-order valence-corrected chi connectivity index (χ4v) is 5.10. The van der Waals surface area contributed by atoms with Crippen LogP contribution < -0.4 is 25.7 Å². The number of hydrogen-bond acceptors (Lipinski definition) is 10. The van der Waals surface area contributed by atoms with Gasteiger partial charge in [0.1, 0.15) is 46.9 Å². The third kappa shape index (κ3) is 8.45. The molecule has 0 fully saturated rings. The number of carbonyl (C=O) groups excluding carboxylic acids is 3. The van der Waals surface area contributed by atoms with Gasteiger partial charge in [-0.25, -0.2) is 14.5 Å². The molecule has 0 radical (unpaired) electrons. The Balaban J connectivity index is 1.31. The SMILES string of the molecule is COc1ccc2c(Oc3ccc(NC(=O)c4c(C)n(C[C@@H](C)OC(=O)CNC(=O)OC(C)(C)C)n(-c5ccccc5)c4=O)nc3)ccnc2c1. The van der Waals surface area contributed by atoms with E-state index in [-0.39, 0.29) is 17.9 Å². The van der Waals surface area contributed by atoms with Gasteiger partial charge in [-0.15, -0.1) is 0 Å². The van der Waals surface area contributed by atoms with E-state index in [2.05, 4.69) is 20.6 Å². The lowest BCUT2D eigenvalue weighted by atomic mass is 10.2. The average Bonchev–Trinajstić information content (AvgIpc) is 3.32. The van der Waals surface area contributed by atoms with Gasteiger partial charge in [-0.05, 0) is 77.1 Å². The van der Waals surface area contributed by atoms with Crippen molar-refractivity contribution >= 4 is 34.7 Å². The number of rotatable bonds is 11. The second-order valence-corrected chi connectivity index (χ2v) is 12.3. The molecule has 5 rings (SSSR count). The first-order valence-corrected chi connectivity index (χ1v) is 15.7. The second-order valence-electron chi connectivity index (χ2n) is 12.3. The number of hydrogen-bond donors (Lipinski definition) is 2. The summed E-state index contributed by atoms with van der Waals surface area (Å²) in [6.07, 6.45) is 1.59. The normalized spacial score (nSPS) is 11.8. The molecule has 0 bridgehead atoms. The maximum absolute atomic E-state index is 13.8. The van der Waals surface area contributed by atoms with Crippen molar-refractivity contribution in [3.05, 3.63) is 101 Å². The highest BCUT2D eigenvalue weighted by molar-refractivity contribution is 6.04. The van der Waals surface area contributed by atoms with Gasteiger partial charge in [-0.1, -0.05) is 18.2 Å². The summed E-state index contributed by atoms with van der Waals surface area (Å²) in [5.41, 5.74) is 0.138. The van der Waals surface area contributed by atoms with E-state index in [1.54, 1.807) is 107 Å². The summed E-state index contributed by atoms with van der Waals surface area (Å²) < 4.78 is 24.9. The topological polar surface area (TPSA) is 165 Å². The van der Waals surface area contributed by atoms with E-state index < -0.39 is 41.8 Å². The molecule has 0 aliphatic rings. The minimum Gasteiger partial charge on any atom is -0.497 e. The Bertz CT molecular complexity index is 2070. The molecule has 0 aliphatic carbocycles. The highest BCUT2D eigenvalue weighted by atomic mass is 16.6. The molecule has 1 atom stereocenters. The predicted octanol–water partition coefficient (Wildman–Crippen LogP) is 5.40. The van der Waals surface area contributed by atoms with E-state index in [1.165, 1.54) is 10.9 Å². The van der Waals surface area contributed by atoms with E-state index >= 15 is 0 Å². The molecule has 14 heteroatoms. The van der Waals surface area contributed by atoms with Crippen LogP contribution in [0.3, 0.4) is 0 Å². The number of esters is 1. The summed E-state index contributed by atoms with van der Waals surface area (Å²) in [5.74, 6) is 0.490. The lowest BCUT2D eigenvalue weighted by Gasteiger charge is -2.20. The number of nitrogens with zero attached hydrogens (tertiary/aromatic N) is 4. The first kappa shape index (κ1) is 35.1. The standard InChI is InChI=1S/C36H38N6O8/c1-22(48-31(43)20-39-35(46)50-36(3,4)5)21-41-23(2)32(34(45)42(41)24-10-8-7-9-11-24)33(44)40-30-15-13-26(19-38-30)49-29-16-17-37-28-18-25(47-6)12-14-27(28)29/h7-19,22H,20-21H2,1-6H3,(H,39,46)(H,38,40,44)/t22-/m1/s1. The number of carbonyl (C=O) groups is 3. The van der Waals surface area contributed by atoms with Gasteiger partial charge in [0, 0.05) is 17.6 Å². The zero-order chi connectivity index (χ0) is 36.0. The zero-order valence-electron chi connectivity index (χ0n) is 28.6. The monoisotopic (exact) mass is 682 g/mol. The number of anilines is 1. The summed E-state index contributed by atoms with van der Waals surface area (Å²) in [4.78, 5) is 60.5. The summed E-state index contributed by atoms with van der Waals surface area (Å²) in [5, 5.41) is 5.84. The van der Waals surface area contributed by atoms with Crippen molar-refractivity contribution in [2.45, 2.75) is 52.9 Å². The number of aromatic nitrogens is 4. The largest absolute Gasteiger partial charge is 0.497 e. The van der Waals surface area contributed by atoms with Gasteiger partial charge in [0.2, 0.25) is 0 Å². The van der Waals surface area contributed by atoms with Gasteiger partial charge in [-0.2, -0.15) is 0 Å². The third-order valence-electron chi connectivity index (χ3n) is 7.28. The molecule has 0 unspecified atom stereocenters. The molecule has 2 amide bonds. The number of para-hydroxylation sites is 1. The van der Waals surface area contributed by atoms with Crippen molar-refractivity contribution in [2.75, 3.05) is 19.0 Å². The van der Waals surface area contributed by atoms with Crippen LogP contribution in [0.4, 0.5) is 10.6 Å². The quantitative estimate of drug-likeness (QED) is 0.172. The maximum Gasteiger partial charge on any atom is 0.408 e. The van der Waals surface area contributed by atoms with Gasteiger partial charge in [0.05, 0.1) is 36.7 Å². The molecule has 14 nitrogen and oxygen atoms in total. The molecule has 0 spiro atoms. The van der Waals surface area contributed by atoms with E-state index in [0.717, 1.165) is 5.39 Å². The predicted molar refractivity (Wildman–Crippen MR) is 185 cm³/mol. The first-order chi connectivity index (χ1) is 23.8. The van der Waals surface area contributed by atoms with Crippen molar-refractivity contribution in [3.8, 4) is 22.9 Å². The van der Waals surface area contributed by atoms with Gasteiger partial charge in [0.25, 0.3) is 11.5 Å². The van der Waals surface area contributed by atoms with Gasteiger partial charge >= 0.3 is 12.1 Å². The maximum atomic E-state index is 13.8.